The number of hydrogen-bond acceptors (Lipinski definition) is 3. The lowest BCUT2D eigenvalue weighted by atomic mass is 9.74. The summed E-state index contributed by atoms with van der Waals surface area (Å²) in [5.74, 6) is 1.17. The number of aryl methyl sites for hydroxylation is 1. The summed E-state index contributed by atoms with van der Waals surface area (Å²) in [7, 11) is -1.63. The number of hydrogen-bond donors (Lipinski definition) is 0. The van der Waals surface area contributed by atoms with Crippen LogP contribution in [0.25, 0.3) is 0 Å². The zero-order valence-corrected chi connectivity index (χ0v) is 13.0. The Morgan fingerprint density at radius 1 is 1.25 bits per heavy atom. The number of aromatic nitrogens is 2. The molecule has 1 aliphatic carbocycles. The number of rotatable bonds is 2. The zero-order chi connectivity index (χ0) is 14.3. The van der Waals surface area contributed by atoms with E-state index in [1.54, 1.807) is 22.2 Å². The van der Waals surface area contributed by atoms with Crippen LogP contribution in [0.5, 0.6) is 0 Å². The van der Waals surface area contributed by atoms with Gasteiger partial charge in [0, 0.05) is 25.8 Å². The first kappa shape index (κ1) is 14.1. The fraction of sp³-hybridized carbons (Fsp3) is 0.786. The molecule has 0 N–H and O–H groups in total. The highest BCUT2D eigenvalue weighted by atomic mass is 32.2. The van der Waals surface area contributed by atoms with Crippen molar-refractivity contribution in [2.75, 3.05) is 6.54 Å². The van der Waals surface area contributed by atoms with Crippen LogP contribution in [0.4, 0.5) is 0 Å². The van der Waals surface area contributed by atoms with Crippen LogP contribution in [0.1, 0.15) is 39.0 Å². The Kier molecular flexibility index (Phi) is 3.62. The maximum absolute atomic E-state index is 12.8. The molecule has 0 aromatic carbocycles. The minimum Gasteiger partial charge on any atom is -0.274 e. The molecule has 3 rings (SSSR count). The van der Waals surface area contributed by atoms with Gasteiger partial charge in [-0.25, -0.2) is 8.42 Å². The average molecular weight is 297 g/mol. The van der Waals surface area contributed by atoms with Gasteiger partial charge in [-0.1, -0.05) is 19.8 Å². The molecule has 6 heteroatoms. The van der Waals surface area contributed by atoms with Crippen molar-refractivity contribution in [3.63, 3.8) is 0 Å². The first-order chi connectivity index (χ1) is 9.50. The Hall–Kier alpha value is -0.880. The van der Waals surface area contributed by atoms with E-state index in [1.165, 1.54) is 19.0 Å². The maximum atomic E-state index is 12.8. The number of fused-ring (bicyclic) bond motifs is 1. The zero-order valence-electron chi connectivity index (χ0n) is 12.2. The van der Waals surface area contributed by atoms with Gasteiger partial charge in [-0.05, 0) is 31.1 Å². The molecule has 112 valence electrons. The summed E-state index contributed by atoms with van der Waals surface area (Å²) >= 11 is 0. The van der Waals surface area contributed by atoms with Crippen molar-refractivity contribution in [3.8, 4) is 0 Å². The highest BCUT2D eigenvalue weighted by Crippen LogP contribution is 2.40. The molecule has 0 spiro atoms. The topological polar surface area (TPSA) is 55.2 Å². The van der Waals surface area contributed by atoms with Crippen LogP contribution < -0.4 is 0 Å². The Balaban J connectivity index is 1.92. The monoisotopic (exact) mass is 297 g/mol. The molecule has 2 aliphatic rings. The lowest BCUT2D eigenvalue weighted by Gasteiger charge is -2.46. The van der Waals surface area contributed by atoms with Gasteiger partial charge in [0.25, 0.3) is 0 Å². The molecular formula is C14H23N3O2S. The van der Waals surface area contributed by atoms with E-state index in [4.69, 9.17) is 0 Å². The van der Waals surface area contributed by atoms with E-state index in [1.807, 2.05) is 0 Å². The molecule has 2 heterocycles. The van der Waals surface area contributed by atoms with E-state index >= 15 is 0 Å². The highest BCUT2D eigenvalue weighted by molar-refractivity contribution is 7.89. The van der Waals surface area contributed by atoms with E-state index < -0.39 is 10.0 Å². The summed E-state index contributed by atoms with van der Waals surface area (Å²) in [6.07, 6.45) is 8.61. The fourth-order valence-electron chi connectivity index (χ4n) is 3.84. The summed E-state index contributed by atoms with van der Waals surface area (Å²) in [6.45, 7) is 2.93. The molecule has 1 aromatic heterocycles. The minimum absolute atomic E-state index is 0.192. The van der Waals surface area contributed by atoms with Gasteiger partial charge in [0.05, 0.1) is 6.20 Å². The van der Waals surface area contributed by atoms with Crippen molar-refractivity contribution in [1.82, 2.24) is 14.1 Å². The molecule has 1 aromatic rings. The third-order valence-electron chi connectivity index (χ3n) is 4.97. The van der Waals surface area contributed by atoms with E-state index in [9.17, 15) is 8.42 Å². The van der Waals surface area contributed by atoms with E-state index in [2.05, 4.69) is 12.0 Å². The molecule has 5 nitrogen and oxygen atoms in total. The third-order valence-corrected chi connectivity index (χ3v) is 6.85. The van der Waals surface area contributed by atoms with Crippen LogP contribution in [0.15, 0.2) is 17.3 Å². The van der Waals surface area contributed by atoms with Crippen LogP contribution in [0.3, 0.4) is 0 Å². The average Bonchev–Trinajstić information content (AvgIpc) is 2.87. The van der Waals surface area contributed by atoms with Gasteiger partial charge in [-0.3, -0.25) is 4.68 Å². The molecule has 2 fully saturated rings. The van der Waals surface area contributed by atoms with Gasteiger partial charge in [0.1, 0.15) is 4.90 Å². The van der Waals surface area contributed by atoms with Gasteiger partial charge in [0.15, 0.2) is 0 Å². The summed E-state index contributed by atoms with van der Waals surface area (Å²) in [6, 6.07) is 0.192. The van der Waals surface area contributed by atoms with Crippen LogP contribution in [0.2, 0.25) is 0 Å². The van der Waals surface area contributed by atoms with Gasteiger partial charge < -0.3 is 0 Å². The third kappa shape index (κ3) is 2.29. The molecular weight excluding hydrogens is 274 g/mol. The molecule has 0 unspecified atom stereocenters. The summed E-state index contributed by atoms with van der Waals surface area (Å²) < 4.78 is 29.0. The SMILES string of the molecule is C[C@@H]1CCN(S(=O)(=O)c2cnn(C)c2)[C@H]2CCCC[C@@H]12. The molecule has 1 aliphatic heterocycles. The van der Waals surface area contributed by atoms with Crippen molar-refractivity contribution in [2.45, 2.75) is 50.0 Å². The minimum atomic E-state index is -3.39. The predicted molar refractivity (Wildman–Crippen MR) is 76.6 cm³/mol. The fourth-order valence-corrected chi connectivity index (χ4v) is 5.54. The Bertz CT molecular complexity index is 581. The van der Waals surface area contributed by atoms with Crippen LogP contribution in [0, 0.1) is 11.8 Å². The van der Waals surface area contributed by atoms with E-state index in [0.717, 1.165) is 19.3 Å². The van der Waals surface area contributed by atoms with E-state index in [-0.39, 0.29) is 6.04 Å². The Labute approximate surface area is 121 Å². The molecule has 1 saturated carbocycles. The molecule has 0 radical (unpaired) electrons. The number of nitrogens with zero attached hydrogens (tertiary/aromatic N) is 3. The smallest absolute Gasteiger partial charge is 0.246 e. The quantitative estimate of drug-likeness (QED) is 0.839. The molecule has 0 bridgehead atoms. The van der Waals surface area contributed by atoms with Gasteiger partial charge >= 0.3 is 0 Å². The standard InChI is InChI=1S/C14H23N3O2S/c1-11-7-8-17(14-6-4-3-5-13(11)14)20(18,19)12-9-15-16(2)10-12/h9-11,13-14H,3-8H2,1-2H3/t11-,13+,14+/m1/s1. The highest BCUT2D eigenvalue weighted by Gasteiger charge is 2.43. The number of piperidine rings is 1. The molecule has 3 atom stereocenters. The van der Waals surface area contributed by atoms with Gasteiger partial charge in [0.2, 0.25) is 10.0 Å². The molecule has 20 heavy (non-hydrogen) atoms. The molecule has 0 amide bonds. The Morgan fingerprint density at radius 2 is 2.00 bits per heavy atom. The predicted octanol–water partition coefficient (Wildman–Crippen LogP) is 2.01. The maximum Gasteiger partial charge on any atom is 0.246 e. The molecule has 1 saturated heterocycles. The first-order valence-electron chi connectivity index (χ1n) is 7.50. The number of sulfonamides is 1. The van der Waals surface area contributed by atoms with Crippen molar-refractivity contribution >= 4 is 10.0 Å². The first-order valence-corrected chi connectivity index (χ1v) is 8.94. The second kappa shape index (κ2) is 5.15. The van der Waals surface area contributed by atoms with Crippen LogP contribution >= 0.6 is 0 Å². The largest absolute Gasteiger partial charge is 0.274 e. The normalized spacial score (nSPS) is 32.0. The van der Waals surface area contributed by atoms with Crippen molar-refractivity contribution < 1.29 is 8.42 Å². The second-order valence-electron chi connectivity index (χ2n) is 6.25. The van der Waals surface area contributed by atoms with Crippen LogP contribution in [-0.4, -0.2) is 35.1 Å². The van der Waals surface area contributed by atoms with Crippen LogP contribution in [-0.2, 0) is 17.1 Å². The lowest BCUT2D eigenvalue weighted by Crippen LogP contribution is -2.52. The van der Waals surface area contributed by atoms with Crippen molar-refractivity contribution in [1.29, 1.82) is 0 Å². The van der Waals surface area contributed by atoms with Gasteiger partial charge in [-0.15, -0.1) is 0 Å². The second-order valence-corrected chi connectivity index (χ2v) is 8.14. The lowest BCUT2D eigenvalue weighted by molar-refractivity contribution is 0.0827. The van der Waals surface area contributed by atoms with E-state index in [0.29, 0.717) is 23.3 Å². The van der Waals surface area contributed by atoms with Crippen molar-refractivity contribution in [3.05, 3.63) is 12.4 Å². The van der Waals surface area contributed by atoms with Crippen molar-refractivity contribution in [2.24, 2.45) is 18.9 Å². The summed E-state index contributed by atoms with van der Waals surface area (Å²) in [5, 5.41) is 4.01. The summed E-state index contributed by atoms with van der Waals surface area (Å²) in [5.41, 5.74) is 0. The summed E-state index contributed by atoms with van der Waals surface area (Å²) in [4.78, 5) is 0.332. The van der Waals surface area contributed by atoms with Gasteiger partial charge in [-0.2, -0.15) is 9.40 Å². The Morgan fingerprint density at radius 3 is 2.70 bits per heavy atom.